The summed E-state index contributed by atoms with van der Waals surface area (Å²) in [6.45, 7) is 8.28. The zero-order valence-corrected chi connectivity index (χ0v) is 24.3. The maximum Gasteiger partial charge on any atom is 0.313 e. The zero-order valence-electron chi connectivity index (χ0n) is 23.6. The highest BCUT2D eigenvalue weighted by Gasteiger charge is 2.35. The van der Waals surface area contributed by atoms with E-state index in [1.807, 2.05) is 23.1 Å². The van der Waals surface area contributed by atoms with Gasteiger partial charge in [0.1, 0.15) is 5.82 Å². The number of hydrogen-bond acceptors (Lipinski definition) is 6. The van der Waals surface area contributed by atoms with Crippen LogP contribution in [0.4, 0.5) is 10.1 Å². The molecule has 4 rings (SSSR count). The second-order valence-electron chi connectivity index (χ2n) is 10.6. The summed E-state index contributed by atoms with van der Waals surface area (Å²) in [5.74, 6) is -2.94. The van der Waals surface area contributed by atoms with Crippen molar-refractivity contribution in [2.24, 2.45) is 17.4 Å². The highest BCUT2D eigenvalue weighted by Crippen LogP contribution is 2.36. The third kappa shape index (κ3) is 7.87. The molecule has 0 saturated carbocycles. The predicted octanol–water partition coefficient (Wildman–Crippen LogP) is 1.22. The number of nitrogens with one attached hydrogen (secondary N) is 5. The molecule has 0 radical (unpaired) electrons. The fourth-order valence-electron chi connectivity index (χ4n) is 5.41. The lowest BCUT2D eigenvalue weighted by molar-refractivity contribution is -0.136. The van der Waals surface area contributed by atoms with Crippen LogP contribution in [0.25, 0.3) is 0 Å². The third-order valence-electron chi connectivity index (χ3n) is 7.72. The number of carbonyl (C=O) groups excluding carboxylic acids is 2. The van der Waals surface area contributed by atoms with Crippen LogP contribution in [0, 0.1) is 22.6 Å². The zero-order chi connectivity index (χ0) is 30.4. The molecule has 2 aromatic rings. The molecular formula is C28H38ClFN10O2. The van der Waals surface area contributed by atoms with Gasteiger partial charge in [-0.3, -0.25) is 25.3 Å². The summed E-state index contributed by atoms with van der Waals surface area (Å²) in [5, 5.41) is 23.6. The number of guanidine groups is 2. The molecule has 14 heteroatoms. The molecule has 0 bridgehead atoms. The van der Waals surface area contributed by atoms with Crippen LogP contribution in [0.2, 0.25) is 5.02 Å². The monoisotopic (exact) mass is 600 g/mol. The van der Waals surface area contributed by atoms with E-state index in [1.54, 1.807) is 0 Å². The van der Waals surface area contributed by atoms with Crippen LogP contribution in [-0.4, -0.2) is 84.4 Å². The largest absolute Gasteiger partial charge is 0.370 e. The van der Waals surface area contributed by atoms with E-state index in [0.29, 0.717) is 26.2 Å². The van der Waals surface area contributed by atoms with Gasteiger partial charge in [0.15, 0.2) is 11.9 Å². The molecule has 12 nitrogen and oxygen atoms in total. The molecule has 2 aliphatic rings. The fourth-order valence-corrected chi connectivity index (χ4v) is 5.52. The minimum absolute atomic E-state index is 0.00586. The smallest absolute Gasteiger partial charge is 0.313 e. The average Bonchev–Trinajstić information content (AvgIpc) is 3.30. The molecule has 0 aromatic heterocycles. The van der Waals surface area contributed by atoms with Crippen molar-refractivity contribution in [2.75, 3.05) is 51.3 Å². The van der Waals surface area contributed by atoms with E-state index >= 15 is 0 Å². The molecule has 1 aliphatic heterocycles. The van der Waals surface area contributed by atoms with Crippen molar-refractivity contribution in [1.82, 2.24) is 25.3 Å². The second-order valence-corrected chi connectivity index (χ2v) is 11.0. The Labute approximate surface area is 249 Å². The summed E-state index contributed by atoms with van der Waals surface area (Å²) in [6, 6.07) is 9.07. The number of rotatable bonds is 9. The van der Waals surface area contributed by atoms with E-state index in [0.717, 1.165) is 55.5 Å². The molecule has 2 aromatic carbocycles. The van der Waals surface area contributed by atoms with Crippen molar-refractivity contribution in [2.45, 2.75) is 25.9 Å². The van der Waals surface area contributed by atoms with Crippen molar-refractivity contribution in [3.8, 4) is 0 Å². The first-order valence-electron chi connectivity index (χ1n) is 13.8. The van der Waals surface area contributed by atoms with E-state index in [4.69, 9.17) is 33.9 Å². The van der Waals surface area contributed by atoms with Gasteiger partial charge in [0.05, 0.1) is 17.7 Å². The van der Waals surface area contributed by atoms with Crippen LogP contribution in [0.3, 0.4) is 0 Å². The summed E-state index contributed by atoms with van der Waals surface area (Å²) in [7, 11) is 0. The van der Waals surface area contributed by atoms with Gasteiger partial charge in [-0.2, -0.15) is 0 Å². The average molecular weight is 601 g/mol. The SMILES string of the molecule is CCN1CCN(CN(Cc2ccc3c(c2)C[C@H](CNC(=N)N)[C@H]3NC(=O)C(=O)Nc2ccc(Cl)c(F)c2)C(=N)N)CC1. The molecule has 9 N–H and O–H groups in total. The molecule has 1 aliphatic carbocycles. The first-order valence-corrected chi connectivity index (χ1v) is 14.2. The molecule has 1 fully saturated rings. The lowest BCUT2D eigenvalue weighted by atomic mass is 10.00. The number of carbonyl (C=O) groups is 2. The Kier molecular flexibility index (Phi) is 10.2. The van der Waals surface area contributed by atoms with Crippen LogP contribution >= 0.6 is 11.6 Å². The summed E-state index contributed by atoms with van der Waals surface area (Å²) >= 11 is 5.70. The molecule has 1 heterocycles. The molecule has 0 spiro atoms. The maximum atomic E-state index is 13.8. The Balaban J connectivity index is 1.46. The number of anilines is 1. The second kappa shape index (κ2) is 13.8. The number of hydrogen-bond donors (Lipinski definition) is 7. The van der Waals surface area contributed by atoms with Crippen molar-refractivity contribution in [1.29, 1.82) is 10.8 Å². The topological polar surface area (TPSA) is 180 Å². The van der Waals surface area contributed by atoms with E-state index < -0.39 is 23.7 Å². The Morgan fingerprint density at radius 1 is 1.07 bits per heavy atom. The van der Waals surface area contributed by atoms with Gasteiger partial charge in [0.2, 0.25) is 0 Å². The Morgan fingerprint density at radius 3 is 2.43 bits per heavy atom. The minimum Gasteiger partial charge on any atom is -0.370 e. The molecule has 1 saturated heterocycles. The number of nitrogens with two attached hydrogens (primary N) is 2. The summed E-state index contributed by atoms with van der Waals surface area (Å²) in [4.78, 5) is 32.0. The van der Waals surface area contributed by atoms with E-state index in [9.17, 15) is 14.0 Å². The number of likely N-dealkylation sites (N-methyl/N-ethyl adjacent to an activating group) is 1. The Morgan fingerprint density at radius 2 is 1.79 bits per heavy atom. The summed E-state index contributed by atoms with van der Waals surface area (Å²) in [6.07, 6.45) is 0.567. The van der Waals surface area contributed by atoms with Crippen molar-refractivity contribution in [3.63, 3.8) is 0 Å². The van der Waals surface area contributed by atoms with Crippen molar-refractivity contribution < 1.29 is 14.0 Å². The Hall–Kier alpha value is -3.94. The quantitative estimate of drug-likeness (QED) is 0.127. The van der Waals surface area contributed by atoms with Gasteiger partial charge in [-0.1, -0.05) is 36.7 Å². The van der Waals surface area contributed by atoms with Crippen LogP contribution in [0.15, 0.2) is 36.4 Å². The lowest BCUT2D eigenvalue weighted by Gasteiger charge is -2.37. The van der Waals surface area contributed by atoms with Gasteiger partial charge in [-0.05, 0) is 47.9 Å². The van der Waals surface area contributed by atoms with Crippen molar-refractivity contribution >= 4 is 41.0 Å². The Bertz CT molecular complexity index is 1330. The highest BCUT2D eigenvalue weighted by molar-refractivity contribution is 6.39. The van der Waals surface area contributed by atoms with E-state index in [-0.39, 0.29) is 28.5 Å². The lowest BCUT2D eigenvalue weighted by Crippen LogP contribution is -2.51. The third-order valence-corrected chi connectivity index (χ3v) is 8.02. The molecular weight excluding hydrogens is 563 g/mol. The van der Waals surface area contributed by atoms with Crippen LogP contribution < -0.4 is 27.4 Å². The maximum absolute atomic E-state index is 13.8. The summed E-state index contributed by atoms with van der Waals surface area (Å²) in [5.41, 5.74) is 14.4. The predicted molar refractivity (Wildman–Crippen MR) is 160 cm³/mol. The minimum atomic E-state index is -0.947. The van der Waals surface area contributed by atoms with Crippen molar-refractivity contribution in [3.05, 3.63) is 63.9 Å². The molecule has 2 amide bonds. The van der Waals surface area contributed by atoms with Crippen LogP contribution in [-0.2, 0) is 22.6 Å². The molecule has 2 atom stereocenters. The van der Waals surface area contributed by atoms with Gasteiger partial charge in [0.25, 0.3) is 0 Å². The number of fused-ring (bicyclic) bond motifs is 1. The van der Waals surface area contributed by atoms with Gasteiger partial charge >= 0.3 is 11.8 Å². The van der Waals surface area contributed by atoms with E-state index in [1.165, 1.54) is 12.1 Å². The number of piperazine rings is 1. The van der Waals surface area contributed by atoms with Gasteiger partial charge in [-0.15, -0.1) is 0 Å². The fraction of sp³-hybridized carbons (Fsp3) is 0.429. The standard InChI is InChI=1S/C28H38ClFN10O2/c1-2-38-7-9-39(10-8-38)16-40(28(33)34)15-17-3-5-21-18(11-17)12-19(14-35-27(31)32)24(21)37-26(42)25(41)36-20-4-6-22(29)23(30)13-20/h3-6,11,13,19,24H,2,7-10,12,14-16H2,1H3,(H3,33,34)(H,36,41)(H,37,42)(H4,31,32,35)/t19-,24-/m1/s1. The number of benzene rings is 2. The summed E-state index contributed by atoms with van der Waals surface area (Å²) < 4.78 is 13.8. The first kappa shape index (κ1) is 31.0. The van der Waals surface area contributed by atoms with Gasteiger partial charge in [0, 0.05) is 50.9 Å². The van der Waals surface area contributed by atoms with Gasteiger partial charge in [-0.25, -0.2) is 4.39 Å². The molecule has 226 valence electrons. The van der Waals surface area contributed by atoms with E-state index in [2.05, 4.69) is 32.7 Å². The first-order chi connectivity index (χ1) is 20.0. The number of halogens is 2. The van der Waals surface area contributed by atoms with Crippen LogP contribution in [0.5, 0.6) is 0 Å². The van der Waals surface area contributed by atoms with Gasteiger partial charge < -0.3 is 37.2 Å². The molecule has 42 heavy (non-hydrogen) atoms. The number of amides is 2. The normalized spacial score (nSPS) is 18.6. The number of nitrogens with zero attached hydrogens (tertiary/aromatic N) is 3. The highest BCUT2D eigenvalue weighted by atomic mass is 35.5. The van der Waals surface area contributed by atoms with Crippen LogP contribution in [0.1, 0.15) is 29.7 Å². The molecule has 0 unspecified atom stereocenters.